The van der Waals surface area contributed by atoms with Gasteiger partial charge in [-0.1, -0.05) is 65.0 Å². The third-order valence-electron chi connectivity index (χ3n) is 9.36. The molecule has 1 atom stereocenters. The van der Waals surface area contributed by atoms with Gasteiger partial charge in [0, 0.05) is 31.1 Å². The van der Waals surface area contributed by atoms with Crippen molar-refractivity contribution in [3.8, 4) is 12.3 Å². The number of likely N-dealkylation sites (tertiary alicyclic amines) is 1. The van der Waals surface area contributed by atoms with E-state index in [1.54, 1.807) is 6.08 Å². The molecule has 1 fully saturated rings. The number of dihydropyridines is 1. The maximum absolute atomic E-state index is 14.3. The molecule has 1 unspecified atom stereocenters. The van der Waals surface area contributed by atoms with E-state index in [1.807, 2.05) is 13.8 Å². The normalized spacial score (nSPS) is 20.0. The first-order valence-corrected chi connectivity index (χ1v) is 17.4. The summed E-state index contributed by atoms with van der Waals surface area (Å²) in [4.78, 5) is 5.14. The number of hydrogen-bond donors (Lipinski definition) is 1. The van der Waals surface area contributed by atoms with Crippen molar-refractivity contribution in [2.24, 2.45) is 5.92 Å². The summed E-state index contributed by atoms with van der Waals surface area (Å²) in [5.74, 6) is 3.05. The molecule has 0 aromatic carbocycles. The molecule has 3 rings (SSSR count). The summed E-state index contributed by atoms with van der Waals surface area (Å²) in [6.07, 6.45) is 17.7. The Labute approximate surface area is 278 Å². The Balaban J connectivity index is 0.000000428. The van der Waals surface area contributed by atoms with Crippen LogP contribution in [0.5, 0.6) is 0 Å². The van der Waals surface area contributed by atoms with Gasteiger partial charge >= 0.3 is 0 Å². The number of terminal acetylenes is 1. The fourth-order valence-electron chi connectivity index (χ4n) is 6.46. The zero-order chi connectivity index (χ0) is 34.3. The van der Waals surface area contributed by atoms with E-state index in [0.717, 1.165) is 41.9 Å². The maximum Gasteiger partial charge on any atom is 0.123 e. The van der Waals surface area contributed by atoms with E-state index in [9.17, 15) is 4.39 Å². The van der Waals surface area contributed by atoms with Crippen LogP contribution in [0.2, 0.25) is 0 Å². The number of nitrogens with one attached hydrogen (secondary N) is 1. The van der Waals surface area contributed by atoms with Crippen LogP contribution < -0.4 is 5.32 Å². The maximum atomic E-state index is 14.3. The first-order chi connectivity index (χ1) is 21.2. The highest BCUT2D eigenvalue weighted by Gasteiger charge is 2.28. The molecule has 1 aliphatic carbocycles. The van der Waals surface area contributed by atoms with Gasteiger partial charge in [0.05, 0.1) is 0 Å². The molecule has 1 N–H and O–H groups in total. The van der Waals surface area contributed by atoms with Crippen LogP contribution in [0.15, 0.2) is 81.9 Å². The molecule has 1 saturated heterocycles. The Hall–Kier alpha value is -2.61. The second-order valence-electron chi connectivity index (χ2n) is 13.5. The van der Waals surface area contributed by atoms with Crippen LogP contribution in [0, 0.1) is 18.3 Å². The van der Waals surface area contributed by atoms with E-state index < -0.39 is 0 Å². The molecular weight excluding hydrogens is 553 g/mol. The largest absolute Gasteiger partial charge is 0.384 e. The number of nitrogens with zero attached hydrogens (tertiary/aromatic N) is 2. The van der Waals surface area contributed by atoms with Crippen LogP contribution in [0.25, 0.3) is 0 Å². The van der Waals surface area contributed by atoms with Crippen molar-refractivity contribution in [1.29, 1.82) is 0 Å². The van der Waals surface area contributed by atoms with Crippen molar-refractivity contribution in [2.75, 3.05) is 26.2 Å². The molecule has 0 amide bonds. The molecule has 4 heteroatoms. The van der Waals surface area contributed by atoms with Gasteiger partial charge in [0.1, 0.15) is 5.83 Å². The second kappa shape index (κ2) is 20.5. The van der Waals surface area contributed by atoms with Crippen LogP contribution in [0.4, 0.5) is 4.39 Å². The molecule has 2 aliphatic heterocycles. The van der Waals surface area contributed by atoms with E-state index in [-0.39, 0.29) is 5.83 Å². The SMILES string of the molecule is C#CC/C(C)=C\C(F)=C(/C)CN1CCC(N(CCC)C(CC)CC)CC1.C=C1C(=C)C(C(C)C)=C1C.CC1=CNC(C)C(C)=C1. The predicted octanol–water partition coefficient (Wildman–Crippen LogP) is 10.5. The Morgan fingerprint density at radius 3 is 2.13 bits per heavy atom. The topological polar surface area (TPSA) is 18.5 Å². The second-order valence-corrected chi connectivity index (χ2v) is 13.5. The lowest BCUT2D eigenvalue weighted by Crippen LogP contribution is -2.49. The lowest BCUT2D eigenvalue weighted by Gasteiger charge is -2.42. The minimum Gasteiger partial charge on any atom is -0.384 e. The minimum atomic E-state index is -0.121. The average molecular weight is 620 g/mol. The Morgan fingerprint density at radius 2 is 1.71 bits per heavy atom. The quantitative estimate of drug-likeness (QED) is 0.183. The van der Waals surface area contributed by atoms with E-state index in [2.05, 4.69) is 109 Å². The van der Waals surface area contributed by atoms with Crippen LogP contribution in [0.3, 0.4) is 0 Å². The van der Waals surface area contributed by atoms with E-state index in [0.29, 0.717) is 30.5 Å². The third kappa shape index (κ3) is 13.0. The molecular formula is C41H66FN3. The molecule has 252 valence electrons. The first kappa shape index (κ1) is 40.4. The van der Waals surface area contributed by atoms with Gasteiger partial charge in [0.2, 0.25) is 0 Å². The molecule has 0 radical (unpaired) electrons. The fraction of sp³-hybridized carbons (Fsp3) is 0.610. The summed E-state index contributed by atoms with van der Waals surface area (Å²) >= 11 is 0. The summed E-state index contributed by atoms with van der Waals surface area (Å²) < 4.78 is 14.3. The van der Waals surface area contributed by atoms with Gasteiger partial charge in [-0.3, -0.25) is 9.80 Å². The predicted molar refractivity (Wildman–Crippen MR) is 198 cm³/mol. The number of piperidine rings is 1. The van der Waals surface area contributed by atoms with Crippen molar-refractivity contribution in [2.45, 2.75) is 133 Å². The van der Waals surface area contributed by atoms with Gasteiger partial charge in [0.15, 0.2) is 0 Å². The molecule has 3 aliphatic rings. The number of allylic oxidation sites excluding steroid dienone is 9. The van der Waals surface area contributed by atoms with Crippen LogP contribution in [-0.2, 0) is 0 Å². The standard InChI is InChI=1S/C23H39FN2.C10H14.C8H13N/c1-7-11-19(5)17-23(24)20(6)18-25-15-12-22(13-16-25)26(14-8-2)21(9-3)10-4;1-6(2)10-8(4)7(3)9(10)5;1-6-4-7(2)8(3)9-5-6/h1,17,21-22H,8-16,18H2,2-6H3;6H,3-4H2,1-2,5H3;4-5,8-9H,1-3H3/b19-17-,23-20-;;. The van der Waals surface area contributed by atoms with Crippen molar-refractivity contribution in [1.82, 2.24) is 15.1 Å². The zero-order valence-corrected chi connectivity index (χ0v) is 30.9. The molecule has 0 saturated carbocycles. The summed E-state index contributed by atoms with van der Waals surface area (Å²) in [5, 5.41) is 3.25. The highest BCUT2D eigenvalue weighted by molar-refractivity contribution is 5.67. The third-order valence-corrected chi connectivity index (χ3v) is 9.36. The van der Waals surface area contributed by atoms with E-state index >= 15 is 0 Å². The van der Waals surface area contributed by atoms with Crippen molar-refractivity contribution in [3.63, 3.8) is 0 Å². The smallest absolute Gasteiger partial charge is 0.123 e. The lowest BCUT2D eigenvalue weighted by molar-refractivity contribution is 0.0719. The van der Waals surface area contributed by atoms with Crippen molar-refractivity contribution in [3.05, 3.63) is 81.9 Å². The molecule has 0 aromatic heterocycles. The van der Waals surface area contributed by atoms with Gasteiger partial charge in [0.25, 0.3) is 0 Å². The Morgan fingerprint density at radius 1 is 1.11 bits per heavy atom. The van der Waals surface area contributed by atoms with Crippen molar-refractivity contribution >= 4 is 0 Å². The highest BCUT2D eigenvalue weighted by Crippen LogP contribution is 2.41. The van der Waals surface area contributed by atoms with Crippen LogP contribution in [-0.4, -0.2) is 54.1 Å². The Kier molecular flexibility index (Phi) is 18.4. The van der Waals surface area contributed by atoms with Crippen LogP contribution in [0.1, 0.15) is 115 Å². The number of rotatable bonds is 11. The molecule has 0 bridgehead atoms. The van der Waals surface area contributed by atoms with Crippen molar-refractivity contribution < 1.29 is 4.39 Å². The highest BCUT2D eigenvalue weighted by atomic mass is 19.1. The van der Waals surface area contributed by atoms with E-state index in [1.165, 1.54) is 60.9 Å². The van der Waals surface area contributed by atoms with Gasteiger partial charge in [-0.15, -0.1) is 12.3 Å². The summed E-state index contributed by atoms with van der Waals surface area (Å²) in [7, 11) is 0. The number of halogens is 1. The monoisotopic (exact) mass is 620 g/mol. The molecule has 2 heterocycles. The first-order valence-electron chi connectivity index (χ1n) is 17.4. The Bertz CT molecular complexity index is 1170. The minimum absolute atomic E-state index is 0.121. The summed E-state index contributed by atoms with van der Waals surface area (Å²) in [6.45, 7) is 35.4. The van der Waals surface area contributed by atoms with E-state index in [4.69, 9.17) is 6.42 Å². The molecule has 3 nitrogen and oxygen atoms in total. The summed E-state index contributed by atoms with van der Waals surface area (Å²) in [5.41, 5.74) is 9.50. The number of hydrogen-bond acceptors (Lipinski definition) is 3. The van der Waals surface area contributed by atoms with Crippen LogP contribution >= 0.6 is 0 Å². The zero-order valence-electron chi connectivity index (χ0n) is 30.9. The summed E-state index contributed by atoms with van der Waals surface area (Å²) in [6, 6.07) is 1.91. The van der Waals surface area contributed by atoms with Gasteiger partial charge in [-0.25, -0.2) is 4.39 Å². The molecule has 0 aromatic rings. The van der Waals surface area contributed by atoms with Gasteiger partial charge in [-0.05, 0) is 145 Å². The van der Waals surface area contributed by atoms with Gasteiger partial charge in [-0.2, -0.15) is 0 Å². The fourth-order valence-corrected chi connectivity index (χ4v) is 6.46. The average Bonchev–Trinajstić information content (AvgIpc) is 3.00. The molecule has 0 spiro atoms. The van der Waals surface area contributed by atoms with Gasteiger partial charge < -0.3 is 5.32 Å². The molecule has 45 heavy (non-hydrogen) atoms. The lowest BCUT2D eigenvalue weighted by atomic mass is 9.75.